The van der Waals surface area contributed by atoms with E-state index in [1.807, 2.05) is 13.0 Å². The minimum absolute atomic E-state index is 0.481. The Bertz CT molecular complexity index is 394. The first kappa shape index (κ1) is 12.6. The first-order chi connectivity index (χ1) is 7.69. The molecule has 0 radical (unpaired) electrons. The highest BCUT2D eigenvalue weighted by atomic mass is 16.5. The van der Waals surface area contributed by atoms with E-state index in [-0.39, 0.29) is 0 Å². The maximum Gasteiger partial charge on any atom is 0.123 e. The van der Waals surface area contributed by atoms with Crippen molar-refractivity contribution in [3.8, 4) is 17.6 Å². The molecule has 86 valence electrons. The summed E-state index contributed by atoms with van der Waals surface area (Å²) in [6.45, 7) is 9.11. The third-order valence-electron chi connectivity index (χ3n) is 2.34. The van der Waals surface area contributed by atoms with Crippen LogP contribution in [-0.2, 0) is 0 Å². The van der Waals surface area contributed by atoms with E-state index >= 15 is 0 Å². The molecule has 0 atom stereocenters. The van der Waals surface area contributed by atoms with Gasteiger partial charge in [-0.15, -0.1) is 0 Å². The lowest BCUT2D eigenvalue weighted by atomic mass is 10.0. The van der Waals surface area contributed by atoms with Crippen LogP contribution in [0.1, 0.15) is 51.2 Å². The molecule has 0 heterocycles. The Balaban J connectivity index is 3.06. The van der Waals surface area contributed by atoms with Crippen LogP contribution >= 0.6 is 0 Å². The molecule has 16 heavy (non-hydrogen) atoms. The van der Waals surface area contributed by atoms with Crippen molar-refractivity contribution in [3.63, 3.8) is 0 Å². The summed E-state index contributed by atoms with van der Waals surface area (Å²) in [6.07, 6.45) is 0.885. The first-order valence-corrected chi connectivity index (χ1v) is 5.94. The summed E-state index contributed by atoms with van der Waals surface area (Å²) in [5, 5.41) is 0. The minimum Gasteiger partial charge on any atom is -0.494 e. The summed E-state index contributed by atoms with van der Waals surface area (Å²) in [5.74, 6) is 7.66. The van der Waals surface area contributed by atoms with Gasteiger partial charge in [-0.1, -0.05) is 38.7 Å². The van der Waals surface area contributed by atoms with Crippen molar-refractivity contribution in [1.29, 1.82) is 0 Å². The van der Waals surface area contributed by atoms with Crippen molar-refractivity contribution in [3.05, 3.63) is 29.3 Å². The van der Waals surface area contributed by atoms with Crippen molar-refractivity contribution in [2.45, 2.75) is 40.0 Å². The van der Waals surface area contributed by atoms with Gasteiger partial charge in [-0.25, -0.2) is 0 Å². The highest BCUT2D eigenvalue weighted by molar-refractivity contribution is 5.45. The average molecular weight is 216 g/mol. The predicted molar refractivity (Wildman–Crippen MR) is 68.9 cm³/mol. The monoisotopic (exact) mass is 216 g/mol. The van der Waals surface area contributed by atoms with Crippen LogP contribution in [0.25, 0.3) is 0 Å². The van der Waals surface area contributed by atoms with Gasteiger partial charge in [0, 0.05) is 12.0 Å². The molecule has 1 aromatic rings. The lowest BCUT2D eigenvalue weighted by Crippen LogP contribution is -1.98. The summed E-state index contributed by atoms with van der Waals surface area (Å²) in [7, 11) is 0. The predicted octanol–water partition coefficient (Wildman–Crippen LogP) is 3.97. The maximum absolute atomic E-state index is 5.65. The molecule has 0 saturated heterocycles. The van der Waals surface area contributed by atoms with E-state index < -0.39 is 0 Å². The van der Waals surface area contributed by atoms with Gasteiger partial charge in [0.05, 0.1) is 6.61 Å². The molecule has 0 fully saturated rings. The Hall–Kier alpha value is -1.42. The minimum atomic E-state index is 0.481. The van der Waals surface area contributed by atoms with Crippen LogP contribution < -0.4 is 4.74 Å². The number of benzene rings is 1. The summed E-state index contributed by atoms with van der Waals surface area (Å²) in [5.41, 5.74) is 2.29. The van der Waals surface area contributed by atoms with Crippen molar-refractivity contribution in [1.82, 2.24) is 0 Å². The molecule has 1 heteroatoms. The third-order valence-corrected chi connectivity index (χ3v) is 2.34. The van der Waals surface area contributed by atoms with E-state index in [1.54, 1.807) is 0 Å². The number of ether oxygens (including phenoxy) is 1. The van der Waals surface area contributed by atoms with E-state index in [1.165, 1.54) is 5.56 Å². The lowest BCUT2D eigenvalue weighted by molar-refractivity contribution is 0.335. The Morgan fingerprint density at radius 3 is 2.56 bits per heavy atom. The molecule has 0 saturated carbocycles. The zero-order chi connectivity index (χ0) is 12.0. The fourth-order valence-electron chi connectivity index (χ4n) is 1.56. The van der Waals surface area contributed by atoms with Crippen molar-refractivity contribution in [2.75, 3.05) is 6.61 Å². The van der Waals surface area contributed by atoms with Crippen molar-refractivity contribution in [2.24, 2.45) is 0 Å². The van der Waals surface area contributed by atoms with Crippen LogP contribution in [-0.4, -0.2) is 6.61 Å². The Labute approximate surface area is 98.8 Å². The molecule has 0 bridgehead atoms. The largest absolute Gasteiger partial charge is 0.494 e. The summed E-state index contributed by atoms with van der Waals surface area (Å²) in [6, 6.07) is 6.23. The maximum atomic E-state index is 5.65. The Morgan fingerprint density at radius 2 is 2.00 bits per heavy atom. The van der Waals surface area contributed by atoms with E-state index in [0.717, 1.165) is 17.7 Å². The van der Waals surface area contributed by atoms with Crippen LogP contribution in [0, 0.1) is 11.8 Å². The molecule has 0 aromatic heterocycles. The molecular formula is C15H20O. The fourth-order valence-corrected chi connectivity index (χ4v) is 1.56. The number of hydrogen-bond acceptors (Lipinski definition) is 1. The van der Waals surface area contributed by atoms with E-state index in [2.05, 4.69) is 44.7 Å². The van der Waals surface area contributed by atoms with Gasteiger partial charge in [0.2, 0.25) is 0 Å². The lowest BCUT2D eigenvalue weighted by Gasteiger charge is -2.13. The van der Waals surface area contributed by atoms with Crippen LogP contribution in [0.2, 0.25) is 0 Å². The second-order valence-corrected chi connectivity index (χ2v) is 4.00. The second-order valence-electron chi connectivity index (χ2n) is 4.00. The van der Waals surface area contributed by atoms with Gasteiger partial charge in [0.15, 0.2) is 0 Å². The molecule has 1 rings (SSSR count). The summed E-state index contributed by atoms with van der Waals surface area (Å²) >= 11 is 0. The second kappa shape index (κ2) is 6.23. The number of hydrogen-bond donors (Lipinski definition) is 0. The molecule has 0 unspecified atom stereocenters. The van der Waals surface area contributed by atoms with E-state index in [0.29, 0.717) is 12.5 Å². The van der Waals surface area contributed by atoms with Crippen LogP contribution in [0.3, 0.4) is 0 Å². The molecule has 0 N–H and O–H groups in total. The van der Waals surface area contributed by atoms with Gasteiger partial charge >= 0.3 is 0 Å². The Morgan fingerprint density at radius 1 is 1.25 bits per heavy atom. The Kier molecular flexibility index (Phi) is 4.92. The van der Waals surface area contributed by atoms with Crippen LogP contribution in [0.15, 0.2) is 18.2 Å². The quantitative estimate of drug-likeness (QED) is 0.695. The normalized spacial score (nSPS) is 9.81. The highest BCUT2D eigenvalue weighted by Crippen LogP contribution is 2.27. The van der Waals surface area contributed by atoms with Crippen LogP contribution in [0.4, 0.5) is 0 Å². The molecule has 0 aliphatic rings. The van der Waals surface area contributed by atoms with Crippen molar-refractivity contribution < 1.29 is 4.74 Å². The zero-order valence-electron chi connectivity index (χ0n) is 10.6. The van der Waals surface area contributed by atoms with E-state index in [4.69, 9.17) is 4.74 Å². The van der Waals surface area contributed by atoms with Gasteiger partial charge < -0.3 is 4.74 Å². The SMILES string of the molecule is CCC#Cc1ccc(C(C)C)c(OCC)c1. The molecule has 1 nitrogen and oxygen atoms in total. The standard InChI is InChI=1S/C15H20O/c1-5-7-8-13-9-10-14(12(3)4)15(11-13)16-6-2/h9-12H,5-6H2,1-4H3. The molecule has 0 aliphatic carbocycles. The van der Waals surface area contributed by atoms with Gasteiger partial charge in [-0.2, -0.15) is 0 Å². The summed E-state index contributed by atoms with van der Waals surface area (Å²) in [4.78, 5) is 0. The molecular weight excluding hydrogens is 196 g/mol. The van der Waals surface area contributed by atoms with E-state index in [9.17, 15) is 0 Å². The van der Waals surface area contributed by atoms with Gasteiger partial charge in [-0.05, 0) is 30.5 Å². The fraction of sp³-hybridized carbons (Fsp3) is 0.467. The molecule has 0 amide bonds. The van der Waals surface area contributed by atoms with Gasteiger partial charge in [0.25, 0.3) is 0 Å². The molecule has 0 aliphatic heterocycles. The van der Waals surface area contributed by atoms with Crippen molar-refractivity contribution >= 4 is 0 Å². The molecule has 0 spiro atoms. The topological polar surface area (TPSA) is 9.23 Å². The highest BCUT2D eigenvalue weighted by Gasteiger charge is 2.07. The van der Waals surface area contributed by atoms with Gasteiger partial charge in [-0.3, -0.25) is 0 Å². The smallest absolute Gasteiger partial charge is 0.123 e. The third kappa shape index (κ3) is 3.31. The average Bonchev–Trinajstić information content (AvgIpc) is 2.26. The first-order valence-electron chi connectivity index (χ1n) is 5.94. The van der Waals surface area contributed by atoms with Gasteiger partial charge in [0.1, 0.15) is 5.75 Å². The number of rotatable bonds is 3. The molecule has 1 aromatic carbocycles. The summed E-state index contributed by atoms with van der Waals surface area (Å²) < 4.78 is 5.65. The zero-order valence-corrected chi connectivity index (χ0v) is 10.6. The van der Waals surface area contributed by atoms with Crippen LogP contribution in [0.5, 0.6) is 5.75 Å².